The van der Waals surface area contributed by atoms with E-state index in [2.05, 4.69) is 22.7 Å². The highest BCUT2D eigenvalue weighted by atomic mass is 35.5. The van der Waals surface area contributed by atoms with Crippen molar-refractivity contribution in [3.05, 3.63) is 47.2 Å². The molecule has 0 aliphatic carbocycles. The lowest BCUT2D eigenvalue weighted by Crippen LogP contribution is -2.28. The van der Waals surface area contributed by atoms with E-state index in [0.29, 0.717) is 11.7 Å². The Bertz CT molecular complexity index is 582. The molecule has 4 nitrogen and oxygen atoms in total. The van der Waals surface area contributed by atoms with E-state index in [1.165, 1.54) is 0 Å². The molecule has 0 saturated heterocycles. The molecule has 0 atom stereocenters. The largest absolute Gasteiger partial charge is 0.362 e. The maximum atomic E-state index is 5.97. The molecule has 2 rings (SSSR count). The summed E-state index contributed by atoms with van der Waals surface area (Å²) in [5.41, 5.74) is 1.99. The fourth-order valence-corrected chi connectivity index (χ4v) is 2.18. The lowest BCUT2D eigenvalue weighted by Gasteiger charge is -2.07. The molecule has 2 N–H and O–H groups in total. The Morgan fingerprint density at radius 2 is 2.30 bits per heavy atom. The molecule has 0 fully saturated rings. The number of halogens is 1. The Morgan fingerprint density at radius 1 is 1.45 bits per heavy atom. The summed E-state index contributed by atoms with van der Waals surface area (Å²) in [7, 11) is 0. The number of thiocarbonyl (C=S) groups is 1. The molecule has 1 heterocycles. The van der Waals surface area contributed by atoms with Crippen LogP contribution >= 0.6 is 23.8 Å². The lowest BCUT2D eigenvalue weighted by molar-refractivity contribution is 0.687. The summed E-state index contributed by atoms with van der Waals surface area (Å²) < 4.78 is 1.84. The van der Waals surface area contributed by atoms with Gasteiger partial charge in [0, 0.05) is 17.8 Å². The Labute approximate surface area is 129 Å². The van der Waals surface area contributed by atoms with Gasteiger partial charge in [-0.15, -0.1) is 0 Å². The van der Waals surface area contributed by atoms with Crippen LogP contribution in [0.5, 0.6) is 0 Å². The van der Waals surface area contributed by atoms with E-state index in [0.717, 1.165) is 29.2 Å². The summed E-state index contributed by atoms with van der Waals surface area (Å²) in [6.07, 6.45) is 4.71. The first-order valence-corrected chi connectivity index (χ1v) is 7.27. The molecule has 2 aromatic rings. The molecule has 0 aliphatic heterocycles. The van der Waals surface area contributed by atoms with E-state index in [9.17, 15) is 0 Å². The number of aromatic nitrogens is 2. The Morgan fingerprint density at radius 3 is 3.05 bits per heavy atom. The Hall–Kier alpha value is -1.59. The first-order chi connectivity index (χ1) is 9.67. The second kappa shape index (κ2) is 7.26. The zero-order chi connectivity index (χ0) is 14.4. The van der Waals surface area contributed by atoms with Gasteiger partial charge in [0.15, 0.2) is 5.11 Å². The summed E-state index contributed by atoms with van der Waals surface area (Å²) in [6.45, 7) is 3.64. The van der Waals surface area contributed by atoms with Crippen LogP contribution in [0.3, 0.4) is 0 Å². The van der Waals surface area contributed by atoms with Crippen LogP contribution in [0.1, 0.15) is 18.9 Å². The second-order valence-electron chi connectivity index (χ2n) is 4.44. The molecule has 0 saturated carbocycles. The minimum atomic E-state index is 0.620. The normalized spacial score (nSPS) is 10.3. The number of nitrogens with one attached hydrogen (secondary N) is 2. The van der Waals surface area contributed by atoms with Gasteiger partial charge < -0.3 is 10.6 Å². The van der Waals surface area contributed by atoms with E-state index in [1.807, 2.05) is 35.1 Å². The highest BCUT2D eigenvalue weighted by Gasteiger charge is 2.02. The molecule has 106 valence electrons. The van der Waals surface area contributed by atoms with Crippen molar-refractivity contribution in [1.82, 2.24) is 15.1 Å². The molecule has 0 aliphatic rings. The number of hydrogen-bond acceptors (Lipinski definition) is 2. The first-order valence-electron chi connectivity index (χ1n) is 6.49. The fraction of sp³-hybridized carbons (Fsp3) is 0.286. The molecule has 0 radical (unpaired) electrons. The van der Waals surface area contributed by atoms with Crippen molar-refractivity contribution in [2.75, 3.05) is 11.9 Å². The standard InChI is InChI=1S/C14H17ClN4S/c1-2-6-16-14(20)18-13-8-17-19(10-13)9-11-4-3-5-12(15)7-11/h3-5,7-8,10H,2,6,9H2,1H3,(H2,16,18,20). The number of rotatable bonds is 5. The molecule has 0 spiro atoms. The van der Waals surface area contributed by atoms with Gasteiger partial charge in [-0.25, -0.2) is 0 Å². The van der Waals surface area contributed by atoms with Crippen LogP contribution in [0.25, 0.3) is 0 Å². The van der Waals surface area contributed by atoms with Gasteiger partial charge in [-0.2, -0.15) is 5.10 Å². The van der Waals surface area contributed by atoms with Gasteiger partial charge in [0.05, 0.1) is 18.4 Å². The van der Waals surface area contributed by atoms with Gasteiger partial charge in [0.2, 0.25) is 0 Å². The fourth-order valence-electron chi connectivity index (χ4n) is 1.75. The molecular weight excluding hydrogens is 292 g/mol. The first kappa shape index (κ1) is 14.8. The molecule has 0 bridgehead atoms. The molecule has 6 heteroatoms. The summed E-state index contributed by atoms with van der Waals surface area (Å²) in [6, 6.07) is 7.75. The van der Waals surface area contributed by atoms with Crippen molar-refractivity contribution >= 4 is 34.6 Å². The van der Waals surface area contributed by atoms with Crippen molar-refractivity contribution in [2.24, 2.45) is 0 Å². The van der Waals surface area contributed by atoms with Crippen LogP contribution in [0.4, 0.5) is 5.69 Å². The molecular formula is C14H17ClN4S. The predicted molar refractivity (Wildman–Crippen MR) is 87.3 cm³/mol. The van der Waals surface area contributed by atoms with Crippen LogP contribution in [-0.2, 0) is 6.54 Å². The lowest BCUT2D eigenvalue weighted by atomic mass is 10.2. The minimum absolute atomic E-state index is 0.620. The number of nitrogens with zero attached hydrogens (tertiary/aromatic N) is 2. The summed E-state index contributed by atoms with van der Waals surface area (Å²) in [5, 5.41) is 11.9. The van der Waals surface area contributed by atoms with E-state index in [4.69, 9.17) is 23.8 Å². The molecule has 0 unspecified atom stereocenters. The monoisotopic (exact) mass is 308 g/mol. The van der Waals surface area contributed by atoms with Crippen molar-refractivity contribution in [3.8, 4) is 0 Å². The van der Waals surface area contributed by atoms with E-state index in [-0.39, 0.29) is 0 Å². The van der Waals surface area contributed by atoms with Crippen molar-refractivity contribution in [3.63, 3.8) is 0 Å². The summed E-state index contributed by atoms with van der Waals surface area (Å²) >= 11 is 11.1. The van der Waals surface area contributed by atoms with E-state index in [1.54, 1.807) is 6.20 Å². The van der Waals surface area contributed by atoms with Crippen LogP contribution in [-0.4, -0.2) is 21.4 Å². The number of benzene rings is 1. The van der Waals surface area contributed by atoms with Crippen LogP contribution in [0, 0.1) is 0 Å². The maximum absolute atomic E-state index is 5.97. The third-order valence-corrected chi connectivity index (χ3v) is 3.14. The highest BCUT2D eigenvalue weighted by molar-refractivity contribution is 7.80. The Balaban J connectivity index is 1.93. The average molecular weight is 309 g/mol. The third-order valence-electron chi connectivity index (χ3n) is 2.66. The smallest absolute Gasteiger partial charge is 0.170 e. The van der Waals surface area contributed by atoms with Crippen LogP contribution in [0.15, 0.2) is 36.7 Å². The van der Waals surface area contributed by atoms with Crippen molar-refractivity contribution in [2.45, 2.75) is 19.9 Å². The third kappa shape index (κ3) is 4.51. The quantitative estimate of drug-likeness (QED) is 0.832. The minimum Gasteiger partial charge on any atom is -0.362 e. The zero-order valence-electron chi connectivity index (χ0n) is 11.3. The van der Waals surface area contributed by atoms with Gasteiger partial charge in [-0.3, -0.25) is 4.68 Å². The maximum Gasteiger partial charge on any atom is 0.170 e. The number of anilines is 1. The van der Waals surface area contributed by atoms with Crippen molar-refractivity contribution in [1.29, 1.82) is 0 Å². The van der Waals surface area contributed by atoms with E-state index < -0.39 is 0 Å². The van der Waals surface area contributed by atoms with Gasteiger partial charge in [0.1, 0.15) is 0 Å². The van der Waals surface area contributed by atoms with Gasteiger partial charge in [0.25, 0.3) is 0 Å². The topological polar surface area (TPSA) is 41.9 Å². The molecule has 0 amide bonds. The average Bonchev–Trinajstić information content (AvgIpc) is 2.83. The second-order valence-corrected chi connectivity index (χ2v) is 5.28. The Kier molecular flexibility index (Phi) is 5.38. The SMILES string of the molecule is CCCNC(=S)Nc1cnn(Cc2cccc(Cl)c2)c1. The molecule has 20 heavy (non-hydrogen) atoms. The van der Waals surface area contributed by atoms with Crippen molar-refractivity contribution < 1.29 is 0 Å². The van der Waals surface area contributed by atoms with Crippen LogP contribution in [0.2, 0.25) is 5.02 Å². The van der Waals surface area contributed by atoms with Crippen LogP contribution < -0.4 is 10.6 Å². The highest BCUT2D eigenvalue weighted by Crippen LogP contribution is 2.13. The summed E-state index contributed by atoms with van der Waals surface area (Å²) in [5.74, 6) is 0. The van der Waals surface area contributed by atoms with E-state index >= 15 is 0 Å². The molecule has 1 aromatic carbocycles. The van der Waals surface area contributed by atoms with Gasteiger partial charge >= 0.3 is 0 Å². The predicted octanol–water partition coefficient (Wildman–Crippen LogP) is 3.28. The number of hydrogen-bond donors (Lipinski definition) is 2. The van der Waals surface area contributed by atoms with Gasteiger partial charge in [-0.1, -0.05) is 30.7 Å². The summed E-state index contributed by atoms with van der Waals surface area (Å²) in [4.78, 5) is 0. The zero-order valence-corrected chi connectivity index (χ0v) is 12.8. The van der Waals surface area contributed by atoms with Gasteiger partial charge in [-0.05, 0) is 36.3 Å². The molecule has 1 aromatic heterocycles.